The minimum atomic E-state index is -2.92. The van der Waals surface area contributed by atoms with E-state index in [1.807, 2.05) is 0 Å². The molecule has 2 aliphatic rings. The van der Waals surface area contributed by atoms with Crippen LogP contribution in [-0.2, 0) is 24.0 Å². The average molecular weight is 264 g/mol. The van der Waals surface area contributed by atoms with Gasteiger partial charge in [-0.3, -0.25) is 0 Å². The van der Waals surface area contributed by atoms with E-state index in [-0.39, 0.29) is 24.3 Å². The summed E-state index contributed by atoms with van der Waals surface area (Å²) in [4.78, 5) is 0. The molecule has 17 heavy (non-hydrogen) atoms. The van der Waals surface area contributed by atoms with E-state index in [0.717, 1.165) is 25.7 Å². The minimum Gasteiger partial charge on any atom is -0.377 e. The van der Waals surface area contributed by atoms with Crippen molar-refractivity contribution in [1.82, 2.24) is 0 Å². The molecular formula is C11H20O5S. The predicted molar refractivity (Wildman–Crippen MR) is 62.6 cm³/mol. The van der Waals surface area contributed by atoms with Crippen LogP contribution in [0.4, 0.5) is 0 Å². The second-order valence-corrected chi connectivity index (χ2v) is 7.07. The van der Waals surface area contributed by atoms with Crippen LogP contribution in [0.2, 0.25) is 0 Å². The normalized spacial score (nSPS) is 25.5. The fourth-order valence-corrected chi connectivity index (χ4v) is 2.75. The van der Waals surface area contributed by atoms with Crippen molar-refractivity contribution in [2.45, 2.75) is 37.6 Å². The van der Waals surface area contributed by atoms with Crippen LogP contribution >= 0.6 is 0 Å². The lowest BCUT2D eigenvalue weighted by Gasteiger charge is -2.35. The van der Waals surface area contributed by atoms with Gasteiger partial charge in [-0.1, -0.05) is 0 Å². The number of hydrogen-bond acceptors (Lipinski definition) is 5. The molecule has 100 valence electrons. The van der Waals surface area contributed by atoms with Crippen molar-refractivity contribution in [1.29, 1.82) is 0 Å². The summed E-state index contributed by atoms with van der Waals surface area (Å²) in [5, 5.41) is 0. The highest BCUT2D eigenvalue weighted by atomic mass is 32.2. The fourth-order valence-electron chi connectivity index (χ4n) is 2.35. The van der Waals surface area contributed by atoms with Gasteiger partial charge in [-0.25, -0.2) is 8.42 Å². The molecule has 0 amide bonds. The van der Waals surface area contributed by atoms with Gasteiger partial charge in [0.2, 0.25) is 0 Å². The summed E-state index contributed by atoms with van der Waals surface area (Å²) < 4.78 is 38.7. The van der Waals surface area contributed by atoms with Crippen LogP contribution in [0, 0.1) is 0 Å². The zero-order valence-electron chi connectivity index (χ0n) is 10.2. The van der Waals surface area contributed by atoms with E-state index in [4.69, 9.17) is 14.2 Å². The summed E-state index contributed by atoms with van der Waals surface area (Å²) in [6, 6.07) is 0. The Hall–Kier alpha value is -0.170. The van der Waals surface area contributed by atoms with Gasteiger partial charge in [-0.05, 0) is 12.8 Å². The Balaban J connectivity index is 1.69. The second kappa shape index (κ2) is 5.22. The van der Waals surface area contributed by atoms with Crippen molar-refractivity contribution in [3.05, 3.63) is 0 Å². The highest BCUT2D eigenvalue weighted by molar-refractivity contribution is 7.90. The first-order valence-corrected chi connectivity index (χ1v) is 8.12. The van der Waals surface area contributed by atoms with Crippen LogP contribution in [-0.4, -0.2) is 52.1 Å². The Morgan fingerprint density at radius 1 is 1.24 bits per heavy atom. The van der Waals surface area contributed by atoms with Crippen molar-refractivity contribution < 1.29 is 22.6 Å². The first kappa shape index (κ1) is 13.3. The molecule has 2 rings (SSSR count). The van der Waals surface area contributed by atoms with Crippen molar-refractivity contribution >= 4 is 9.84 Å². The maximum absolute atomic E-state index is 11.0. The molecule has 0 aromatic carbocycles. The number of ether oxygens (including phenoxy) is 3. The molecule has 0 N–H and O–H groups in total. The molecule has 0 atom stereocenters. The molecule has 2 fully saturated rings. The zero-order chi connectivity index (χ0) is 12.4. The summed E-state index contributed by atoms with van der Waals surface area (Å²) >= 11 is 0. The molecule has 1 heterocycles. The van der Waals surface area contributed by atoms with Gasteiger partial charge in [0.05, 0.1) is 31.7 Å². The van der Waals surface area contributed by atoms with Crippen LogP contribution in [0.15, 0.2) is 0 Å². The van der Waals surface area contributed by atoms with Crippen LogP contribution in [0.3, 0.4) is 0 Å². The standard InChI is InChI=1S/C11H20O5S/c1-17(12,13)9-8-14-10-2-4-11(5-3-10)15-6-7-16-11/h10H,2-9H2,1H3. The third-order valence-electron chi connectivity index (χ3n) is 3.32. The average Bonchev–Trinajstić information content (AvgIpc) is 2.68. The van der Waals surface area contributed by atoms with E-state index in [9.17, 15) is 8.42 Å². The monoisotopic (exact) mass is 264 g/mol. The molecule has 0 unspecified atom stereocenters. The maximum atomic E-state index is 11.0. The van der Waals surface area contributed by atoms with E-state index >= 15 is 0 Å². The Labute approximate surface area is 102 Å². The van der Waals surface area contributed by atoms with Crippen molar-refractivity contribution in [3.8, 4) is 0 Å². The van der Waals surface area contributed by atoms with Gasteiger partial charge < -0.3 is 14.2 Å². The van der Waals surface area contributed by atoms with Crippen molar-refractivity contribution in [2.24, 2.45) is 0 Å². The maximum Gasteiger partial charge on any atom is 0.168 e. The van der Waals surface area contributed by atoms with Gasteiger partial charge >= 0.3 is 0 Å². The Morgan fingerprint density at radius 3 is 2.35 bits per heavy atom. The van der Waals surface area contributed by atoms with Gasteiger partial charge in [-0.2, -0.15) is 0 Å². The van der Waals surface area contributed by atoms with E-state index in [1.165, 1.54) is 6.26 Å². The molecule has 0 aromatic heterocycles. The largest absolute Gasteiger partial charge is 0.377 e. The SMILES string of the molecule is CS(=O)(=O)CCOC1CCC2(CC1)OCCO2. The summed E-state index contributed by atoms with van der Waals surface area (Å²) in [6.45, 7) is 1.65. The molecule has 6 heteroatoms. The summed E-state index contributed by atoms with van der Waals surface area (Å²) in [5.41, 5.74) is 0. The van der Waals surface area contributed by atoms with Gasteiger partial charge in [-0.15, -0.1) is 0 Å². The van der Waals surface area contributed by atoms with Crippen molar-refractivity contribution in [2.75, 3.05) is 31.8 Å². The lowest BCUT2D eigenvalue weighted by molar-refractivity contribution is -0.191. The molecular weight excluding hydrogens is 244 g/mol. The highest BCUT2D eigenvalue weighted by Crippen LogP contribution is 2.36. The quantitative estimate of drug-likeness (QED) is 0.749. The molecule has 1 aliphatic heterocycles. The van der Waals surface area contributed by atoms with Gasteiger partial charge in [0.25, 0.3) is 0 Å². The van der Waals surface area contributed by atoms with E-state index < -0.39 is 9.84 Å². The summed E-state index contributed by atoms with van der Waals surface area (Å²) in [6.07, 6.45) is 4.82. The molecule has 5 nitrogen and oxygen atoms in total. The fraction of sp³-hybridized carbons (Fsp3) is 1.00. The van der Waals surface area contributed by atoms with Crippen LogP contribution in [0.5, 0.6) is 0 Å². The third-order valence-corrected chi connectivity index (χ3v) is 4.22. The molecule has 1 spiro atoms. The smallest absolute Gasteiger partial charge is 0.168 e. The van der Waals surface area contributed by atoms with Gasteiger partial charge in [0.1, 0.15) is 9.84 Å². The molecule has 1 saturated carbocycles. The van der Waals surface area contributed by atoms with Crippen LogP contribution < -0.4 is 0 Å². The molecule has 1 aliphatic carbocycles. The Kier molecular flexibility index (Phi) is 4.07. The Bertz CT molecular complexity index is 335. The number of hydrogen-bond donors (Lipinski definition) is 0. The zero-order valence-corrected chi connectivity index (χ0v) is 11.0. The van der Waals surface area contributed by atoms with Crippen LogP contribution in [0.25, 0.3) is 0 Å². The molecule has 1 saturated heterocycles. The first-order valence-electron chi connectivity index (χ1n) is 6.06. The predicted octanol–water partition coefficient (Wildman–Crippen LogP) is 0.733. The summed E-state index contributed by atoms with van der Waals surface area (Å²) in [5.74, 6) is -0.266. The highest BCUT2D eigenvalue weighted by Gasteiger charge is 2.40. The van der Waals surface area contributed by atoms with E-state index in [2.05, 4.69) is 0 Å². The molecule has 0 bridgehead atoms. The first-order chi connectivity index (χ1) is 7.99. The topological polar surface area (TPSA) is 61.8 Å². The lowest BCUT2D eigenvalue weighted by atomic mass is 9.92. The number of sulfone groups is 1. The van der Waals surface area contributed by atoms with E-state index in [1.54, 1.807) is 0 Å². The molecule has 0 aromatic rings. The van der Waals surface area contributed by atoms with Crippen molar-refractivity contribution in [3.63, 3.8) is 0 Å². The number of rotatable bonds is 4. The van der Waals surface area contributed by atoms with Crippen LogP contribution in [0.1, 0.15) is 25.7 Å². The van der Waals surface area contributed by atoms with E-state index in [0.29, 0.717) is 13.2 Å². The minimum absolute atomic E-state index is 0.0989. The Morgan fingerprint density at radius 2 is 1.82 bits per heavy atom. The molecule has 0 radical (unpaired) electrons. The summed E-state index contributed by atoms with van der Waals surface area (Å²) in [7, 11) is -2.92. The third kappa shape index (κ3) is 3.91. The second-order valence-electron chi connectivity index (χ2n) is 4.81. The van der Waals surface area contributed by atoms with Gasteiger partial charge in [0, 0.05) is 19.1 Å². The van der Waals surface area contributed by atoms with Gasteiger partial charge in [0.15, 0.2) is 5.79 Å². The lowest BCUT2D eigenvalue weighted by Crippen LogP contribution is -2.37.